The number of hydrogen-bond acceptors (Lipinski definition) is 8. The minimum Gasteiger partial charge on any atom is -0.497 e. The van der Waals surface area contributed by atoms with Crippen molar-refractivity contribution in [2.24, 2.45) is 0 Å². The fourth-order valence-corrected chi connectivity index (χ4v) is 4.30. The Kier molecular flexibility index (Phi) is 5.82. The Hall–Kier alpha value is -2.52. The number of carbonyl (C=O) groups is 1. The van der Waals surface area contributed by atoms with Gasteiger partial charge in [0, 0.05) is 31.9 Å². The van der Waals surface area contributed by atoms with Crippen molar-refractivity contribution in [3.8, 4) is 16.5 Å². The standard InChI is InChI=1S/C19H20N4O3S2/c1-25-15-6-4-14(5-7-15)22-8-10-23(11-9-22)17(24)13-28-19-21-20-18(26-19)16-3-2-12-27-16/h2-7,12H,8-11,13H2,1H3. The molecule has 0 atom stereocenters. The maximum atomic E-state index is 12.5. The van der Waals surface area contributed by atoms with Crippen molar-refractivity contribution in [1.82, 2.24) is 15.1 Å². The Labute approximate surface area is 171 Å². The summed E-state index contributed by atoms with van der Waals surface area (Å²) in [4.78, 5) is 17.6. The number of piperazine rings is 1. The second kappa shape index (κ2) is 8.66. The van der Waals surface area contributed by atoms with Gasteiger partial charge in [-0.1, -0.05) is 17.8 Å². The van der Waals surface area contributed by atoms with Crippen molar-refractivity contribution >= 4 is 34.7 Å². The smallest absolute Gasteiger partial charge is 0.277 e. The van der Waals surface area contributed by atoms with E-state index in [9.17, 15) is 4.79 Å². The van der Waals surface area contributed by atoms with Crippen molar-refractivity contribution in [1.29, 1.82) is 0 Å². The second-order valence-electron chi connectivity index (χ2n) is 6.20. The van der Waals surface area contributed by atoms with E-state index in [1.54, 1.807) is 18.4 Å². The van der Waals surface area contributed by atoms with E-state index in [1.807, 2.05) is 46.7 Å². The number of thiophene rings is 1. The molecular formula is C19H20N4O3S2. The van der Waals surface area contributed by atoms with Crippen LogP contribution < -0.4 is 9.64 Å². The van der Waals surface area contributed by atoms with Gasteiger partial charge in [-0.25, -0.2) is 0 Å². The Morgan fingerprint density at radius 2 is 1.96 bits per heavy atom. The van der Waals surface area contributed by atoms with E-state index in [2.05, 4.69) is 15.1 Å². The highest BCUT2D eigenvalue weighted by atomic mass is 32.2. The molecule has 3 heterocycles. The first kappa shape index (κ1) is 18.8. The van der Waals surface area contributed by atoms with Gasteiger partial charge in [-0.15, -0.1) is 21.5 Å². The van der Waals surface area contributed by atoms with Crippen LogP contribution in [0.25, 0.3) is 10.8 Å². The van der Waals surface area contributed by atoms with Crippen LogP contribution in [0.5, 0.6) is 5.75 Å². The molecule has 1 amide bonds. The lowest BCUT2D eigenvalue weighted by molar-refractivity contribution is -0.128. The van der Waals surface area contributed by atoms with E-state index in [1.165, 1.54) is 11.8 Å². The Balaban J connectivity index is 1.26. The number of nitrogens with zero attached hydrogens (tertiary/aromatic N) is 4. The third-order valence-electron chi connectivity index (χ3n) is 4.53. The topological polar surface area (TPSA) is 71.7 Å². The molecule has 1 saturated heterocycles. The number of hydrogen-bond donors (Lipinski definition) is 0. The summed E-state index contributed by atoms with van der Waals surface area (Å²) in [7, 11) is 1.66. The average Bonchev–Trinajstić information content (AvgIpc) is 3.44. The molecule has 4 rings (SSSR count). The second-order valence-corrected chi connectivity index (χ2v) is 8.08. The number of anilines is 1. The third kappa shape index (κ3) is 4.31. The number of thioether (sulfide) groups is 1. The summed E-state index contributed by atoms with van der Waals surface area (Å²) in [5.74, 6) is 1.74. The van der Waals surface area contributed by atoms with E-state index in [4.69, 9.17) is 9.15 Å². The quantitative estimate of drug-likeness (QED) is 0.571. The fraction of sp³-hybridized carbons (Fsp3) is 0.316. The molecule has 0 spiro atoms. The van der Waals surface area contributed by atoms with Crippen LogP contribution in [0.1, 0.15) is 0 Å². The SMILES string of the molecule is COc1ccc(N2CCN(C(=O)CSc3nnc(-c4cccs4)o3)CC2)cc1. The summed E-state index contributed by atoms with van der Waals surface area (Å²) in [5, 5.41) is 10.4. The molecule has 0 N–H and O–H groups in total. The van der Waals surface area contributed by atoms with Gasteiger partial charge in [0.05, 0.1) is 17.7 Å². The van der Waals surface area contributed by atoms with Gasteiger partial charge in [0.15, 0.2) is 0 Å². The van der Waals surface area contributed by atoms with Gasteiger partial charge < -0.3 is 19.0 Å². The first-order valence-corrected chi connectivity index (χ1v) is 10.8. The van der Waals surface area contributed by atoms with Crippen LogP contribution in [0.2, 0.25) is 0 Å². The van der Waals surface area contributed by atoms with Crippen LogP contribution in [0.3, 0.4) is 0 Å². The highest BCUT2D eigenvalue weighted by molar-refractivity contribution is 7.99. The van der Waals surface area contributed by atoms with E-state index >= 15 is 0 Å². The highest BCUT2D eigenvalue weighted by Gasteiger charge is 2.22. The van der Waals surface area contributed by atoms with Gasteiger partial charge in [0.2, 0.25) is 5.91 Å². The highest BCUT2D eigenvalue weighted by Crippen LogP contribution is 2.27. The Morgan fingerprint density at radius 1 is 1.18 bits per heavy atom. The molecule has 1 aliphatic rings. The third-order valence-corrected chi connectivity index (χ3v) is 6.19. The number of aromatic nitrogens is 2. The molecule has 146 valence electrons. The van der Waals surface area contributed by atoms with Crippen LogP contribution in [0, 0.1) is 0 Å². The van der Waals surface area contributed by atoms with Gasteiger partial charge in [0.25, 0.3) is 11.1 Å². The summed E-state index contributed by atoms with van der Waals surface area (Å²) < 4.78 is 10.8. The predicted octanol–water partition coefficient (Wildman–Crippen LogP) is 3.25. The molecule has 0 radical (unpaired) electrons. The lowest BCUT2D eigenvalue weighted by Gasteiger charge is -2.36. The number of amides is 1. The minimum atomic E-state index is 0.0928. The number of ether oxygens (including phenoxy) is 1. The molecule has 1 fully saturated rings. The molecule has 2 aromatic heterocycles. The lowest BCUT2D eigenvalue weighted by atomic mass is 10.2. The van der Waals surface area contributed by atoms with Gasteiger partial charge in [-0.05, 0) is 35.7 Å². The van der Waals surface area contributed by atoms with Crippen molar-refractivity contribution < 1.29 is 13.9 Å². The van der Waals surface area contributed by atoms with E-state index in [-0.39, 0.29) is 5.91 Å². The fourth-order valence-electron chi connectivity index (χ4n) is 2.99. The molecule has 28 heavy (non-hydrogen) atoms. The van der Waals surface area contributed by atoms with Crippen LogP contribution in [0.4, 0.5) is 5.69 Å². The predicted molar refractivity (Wildman–Crippen MR) is 110 cm³/mol. The van der Waals surface area contributed by atoms with Crippen molar-refractivity contribution in [2.75, 3.05) is 43.9 Å². The molecule has 0 bridgehead atoms. The summed E-state index contributed by atoms with van der Waals surface area (Å²) in [5.41, 5.74) is 1.15. The normalized spacial score (nSPS) is 14.3. The molecule has 0 saturated carbocycles. The van der Waals surface area contributed by atoms with Crippen LogP contribution in [-0.4, -0.2) is 60.0 Å². The molecular weight excluding hydrogens is 396 g/mol. The van der Waals surface area contributed by atoms with Crippen molar-refractivity contribution in [3.05, 3.63) is 41.8 Å². The molecule has 9 heteroatoms. The molecule has 7 nitrogen and oxygen atoms in total. The minimum absolute atomic E-state index is 0.0928. The summed E-state index contributed by atoms with van der Waals surface area (Å²) in [6.07, 6.45) is 0. The monoisotopic (exact) mass is 416 g/mol. The summed E-state index contributed by atoms with van der Waals surface area (Å²) >= 11 is 2.83. The number of carbonyl (C=O) groups excluding carboxylic acids is 1. The number of benzene rings is 1. The number of rotatable bonds is 6. The summed E-state index contributed by atoms with van der Waals surface area (Å²) in [6.45, 7) is 3.03. The largest absolute Gasteiger partial charge is 0.497 e. The first-order valence-electron chi connectivity index (χ1n) is 8.90. The Bertz CT molecular complexity index is 904. The van der Waals surface area contributed by atoms with Gasteiger partial charge in [0.1, 0.15) is 5.75 Å². The van der Waals surface area contributed by atoms with Gasteiger partial charge in [-0.3, -0.25) is 4.79 Å². The van der Waals surface area contributed by atoms with Crippen LogP contribution >= 0.6 is 23.1 Å². The lowest BCUT2D eigenvalue weighted by Crippen LogP contribution is -2.49. The van der Waals surface area contributed by atoms with Crippen molar-refractivity contribution in [2.45, 2.75) is 5.22 Å². The van der Waals surface area contributed by atoms with Crippen molar-refractivity contribution in [3.63, 3.8) is 0 Å². The van der Waals surface area contributed by atoms with Gasteiger partial charge in [-0.2, -0.15) is 0 Å². The van der Waals surface area contributed by atoms with E-state index in [0.29, 0.717) is 30.0 Å². The maximum absolute atomic E-state index is 12.5. The molecule has 1 aromatic carbocycles. The zero-order chi connectivity index (χ0) is 19.3. The van der Waals surface area contributed by atoms with E-state index < -0.39 is 0 Å². The average molecular weight is 417 g/mol. The Morgan fingerprint density at radius 3 is 2.64 bits per heavy atom. The maximum Gasteiger partial charge on any atom is 0.277 e. The van der Waals surface area contributed by atoms with Crippen LogP contribution in [-0.2, 0) is 4.79 Å². The zero-order valence-corrected chi connectivity index (χ0v) is 17.0. The summed E-state index contributed by atoms with van der Waals surface area (Å²) in [6, 6.07) is 11.9. The molecule has 0 unspecified atom stereocenters. The van der Waals surface area contributed by atoms with Crippen LogP contribution in [0.15, 0.2) is 51.4 Å². The first-order chi connectivity index (χ1) is 13.7. The number of methoxy groups -OCH3 is 1. The molecule has 1 aliphatic heterocycles. The molecule has 0 aliphatic carbocycles. The van der Waals surface area contributed by atoms with Gasteiger partial charge >= 0.3 is 0 Å². The molecule has 3 aromatic rings. The zero-order valence-electron chi connectivity index (χ0n) is 15.4. The van der Waals surface area contributed by atoms with E-state index in [0.717, 1.165) is 29.4 Å².